The maximum absolute atomic E-state index is 12.2. The van der Waals surface area contributed by atoms with E-state index in [0.29, 0.717) is 12.8 Å². The molecule has 0 saturated carbocycles. The van der Waals surface area contributed by atoms with Gasteiger partial charge in [0.2, 0.25) is 0 Å². The summed E-state index contributed by atoms with van der Waals surface area (Å²) in [4.78, 5) is 24.2. The fraction of sp³-hybridized carbons (Fsp3) is 0.931. The normalized spacial score (nSPS) is 12.1. The second-order valence-electron chi connectivity index (χ2n) is 10.1. The van der Waals surface area contributed by atoms with Crippen LogP contribution < -0.4 is 0 Å². The van der Waals surface area contributed by atoms with Crippen molar-refractivity contribution >= 4 is 33.3 Å². The minimum atomic E-state index is -0.730. The number of thiol groups is 1. The van der Waals surface area contributed by atoms with Crippen LogP contribution >= 0.6 is 21.3 Å². The molecule has 0 saturated heterocycles. The third kappa shape index (κ3) is 28.2. The summed E-state index contributed by atoms with van der Waals surface area (Å²) in [6.07, 6.45) is 23.9. The maximum Gasteiger partial charge on any atom is 0.327 e. The van der Waals surface area contributed by atoms with Crippen molar-refractivity contribution in [1.82, 2.24) is 0 Å². The number of esters is 2. The van der Waals surface area contributed by atoms with Crippen molar-refractivity contribution in [2.75, 3.05) is 19.0 Å². The molecule has 0 aromatic rings. The Morgan fingerprint density at radius 3 is 1.51 bits per heavy atom. The Bertz CT molecular complexity index is 535. The molecule has 0 amide bonds. The second-order valence-corrected chi connectivity index (χ2v) is 11.0. The molecule has 0 aliphatic carbocycles. The van der Waals surface area contributed by atoms with Gasteiger partial charge in [-0.05, 0) is 25.0 Å². The van der Waals surface area contributed by atoms with Gasteiger partial charge in [0.1, 0.15) is 13.2 Å². The quantitative estimate of drug-likeness (QED) is 0.0424. The third-order valence-electron chi connectivity index (χ3n) is 6.56. The van der Waals surface area contributed by atoms with Crippen LogP contribution in [0.4, 0.5) is 0 Å². The average molecular weight is 563 g/mol. The summed E-state index contributed by atoms with van der Waals surface area (Å²) in [7, 11) is -0.486. The highest BCUT2D eigenvalue weighted by atomic mass is 32.1. The Kier molecular flexibility index (Phi) is 29.4. The minimum absolute atomic E-state index is 0.0606. The van der Waals surface area contributed by atoms with Crippen LogP contribution in [-0.2, 0) is 28.2 Å². The zero-order valence-electron chi connectivity index (χ0n) is 23.6. The van der Waals surface area contributed by atoms with E-state index in [1.54, 1.807) is 0 Å². The molecule has 0 rings (SSSR count). The fourth-order valence-corrected chi connectivity index (χ4v) is 4.74. The number of hydrogen-bond acceptors (Lipinski definition) is 7. The van der Waals surface area contributed by atoms with Crippen LogP contribution in [0.15, 0.2) is 0 Å². The van der Waals surface area contributed by atoms with Gasteiger partial charge >= 0.3 is 20.6 Å². The number of rotatable bonds is 29. The van der Waals surface area contributed by atoms with Gasteiger partial charge in [-0.3, -0.25) is 14.1 Å². The first-order chi connectivity index (χ1) is 18.1. The van der Waals surface area contributed by atoms with E-state index < -0.39 is 14.8 Å². The van der Waals surface area contributed by atoms with Gasteiger partial charge in [0.25, 0.3) is 0 Å². The van der Waals surface area contributed by atoms with Gasteiger partial charge in [-0.25, -0.2) is 4.57 Å². The van der Waals surface area contributed by atoms with Gasteiger partial charge in [-0.1, -0.05) is 116 Å². The zero-order valence-corrected chi connectivity index (χ0v) is 25.4. The van der Waals surface area contributed by atoms with Crippen molar-refractivity contribution in [3.63, 3.8) is 0 Å². The summed E-state index contributed by atoms with van der Waals surface area (Å²) in [6.45, 7) is 2.13. The Morgan fingerprint density at radius 2 is 1.05 bits per heavy atom. The summed E-state index contributed by atoms with van der Waals surface area (Å²) >= 11 is 4.21. The van der Waals surface area contributed by atoms with Gasteiger partial charge < -0.3 is 9.47 Å². The molecule has 1 atom stereocenters. The van der Waals surface area contributed by atoms with E-state index in [0.717, 1.165) is 50.7 Å². The zero-order chi connectivity index (χ0) is 27.2. The monoisotopic (exact) mass is 562 g/mol. The van der Waals surface area contributed by atoms with E-state index in [1.165, 1.54) is 83.5 Å². The lowest BCUT2D eigenvalue weighted by Crippen LogP contribution is -2.28. The largest absolute Gasteiger partial charge is 0.462 e. The summed E-state index contributed by atoms with van der Waals surface area (Å²) in [5.41, 5.74) is 0. The highest BCUT2D eigenvalue weighted by molar-refractivity contribution is 7.80. The molecule has 0 spiro atoms. The Morgan fingerprint density at radius 1 is 0.622 bits per heavy atom. The second kappa shape index (κ2) is 29.9. The molecule has 0 unspecified atom stereocenters. The average Bonchev–Trinajstić information content (AvgIpc) is 2.89. The first-order valence-corrected chi connectivity index (χ1v) is 16.4. The Labute approximate surface area is 234 Å². The van der Waals surface area contributed by atoms with E-state index in [2.05, 4.69) is 19.6 Å². The number of ether oxygens (including phenoxy) is 2. The van der Waals surface area contributed by atoms with Gasteiger partial charge in [0.15, 0.2) is 6.10 Å². The van der Waals surface area contributed by atoms with Crippen LogP contribution in [0.2, 0.25) is 0 Å². The molecule has 37 heavy (non-hydrogen) atoms. The summed E-state index contributed by atoms with van der Waals surface area (Å²) in [6, 6.07) is 0. The number of unbranched alkanes of at least 4 members (excludes halogenated alkanes) is 18. The molecule has 0 aromatic heterocycles. The van der Waals surface area contributed by atoms with Crippen LogP contribution in [-0.4, -0.2) is 37.0 Å². The highest BCUT2D eigenvalue weighted by Crippen LogP contribution is 2.14. The van der Waals surface area contributed by atoms with Crippen molar-refractivity contribution < 1.29 is 28.2 Å². The van der Waals surface area contributed by atoms with Crippen molar-refractivity contribution in [3.05, 3.63) is 0 Å². The van der Waals surface area contributed by atoms with Gasteiger partial charge in [-0.2, -0.15) is 12.6 Å². The summed E-state index contributed by atoms with van der Waals surface area (Å²) < 4.78 is 26.2. The van der Waals surface area contributed by atoms with Crippen LogP contribution in [0.5, 0.6) is 0 Å². The lowest BCUT2D eigenvalue weighted by atomic mass is 10.0. The molecular formula is C29H55O6PS. The molecule has 8 heteroatoms. The number of hydrogen-bond donors (Lipinski definition) is 1. The Hall–Kier alpha value is -0.650. The minimum Gasteiger partial charge on any atom is -0.462 e. The molecule has 0 radical (unpaired) electrons. The molecule has 218 valence electrons. The summed E-state index contributed by atoms with van der Waals surface area (Å²) in [5.74, 6) is 0.321. The standard InChI is InChI=1S/C29H55O6PS/c1-2-3-4-5-6-7-8-9-10-11-13-17-20-23-29(31)35-27(26-34-36-32)25-33-28(30)22-19-16-14-12-15-18-21-24-37/h27,37H,2-26H2,1H3/t27-/m1/s1. The Balaban J connectivity index is 3.78. The molecule has 0 heterocycles. The van der Waals surface area contributed by atoms with Gasteiger partial charge in [0.05, 0.1) is 0 Å². The van der Waals surface area contributed by atoms with Crippen LogP contribution in [0.1, 0.15) is 148 Å². The van der Waals surface area contributed by atoms with Crippen molar-refractivity contribution in [2.24, 2.45) is 0 Å². The number of carbonyl (C=O) groups is 2. The first kappa shape index (κ1) is 36.4. The van der Waals surface area contributed by atoms with E-state index in [-0.39, 0.29) is 25.2 Å². The molecule has 0 aliphatic heterocycles. The van der Waals surface area contributed by atoms with Crippen LogP contribution in [0.3, 0.4) is 0 Å². The lowest BCUT2D eigenvalue weighted by Gasteiger charge is -2.16. The molecule has 0 aliphatic rings. The van der Waals surface area contributed by atoms with E-state index in [1.807, 2.05) is 0 Å². The van der Waals surface area contributed by atoms with E-state index >= 15 is 0 Å². The number of carbonyl (C=O) groups excluding carboxylic acids is 2. The topological polar surface area (TPSA) is 78.9 Å². The lowest BCUT2D eigenvalue weighted by molar-refractivity contribution is -0.160. The van der Waals surface area contributed by atoms with Gasteiger partial charge in [-0.15, -0.1) is 0 Å². The SMILES string of the molecule is CCCCCCCCCCCCCCCC(=O)O[C@@H](COP=O)COC(=O)CCCCCCCCCS. The van der Waals surface area contributed by atoms with E-state index in [9.17, 15) is 14.2 Å². The predicted octanol–water partition coefficient (Wildman–Crippen LogP) is 9.20. The first-order valence-electron chi connectivity index (χ1n) is 15.0. The van der Waals surface area contributed by atoms with Crippen molar-refractivity contribution in [3.8, 4) is 0 Å². The fourth-order valence-electron chi connectivity index (χ4n) is 4.28. The maximum atomic E-state index is 12.2. The molecule has 0 fully saturated rings. The predicted molar refractivity (Wildman–Crippen MR) is 155 cm³/mol. The van der Waals surface area contributed by atoms with Gasteiger partial charge in [0, 0.05) is 12.8 Å². The smallest absolute Gasteiger partial charge is 0.327 e. The van der Waals surface area contributed by atoms with Crippen molar-refractivity contribution in [2.45, 2.75) is 154 Å². The van der Waals surface area contributed by atoms with Crippen molar-refractivity contribution in [1.29, 1.82) is 0 Å². The molecule has 0 bridgehead atoms. The van der Waals surface area contributed by atoms with Crippen LogP contribution in [0.25, 0.3) is 0 Å². The van der Waals surface area contributed by atoms with Crippen LogP contribution in [0, 0.1) is 0 Å². The highest BCUT2D eigenvalue weighted by Gasteiger charge is 2.17. The third-order valence-corrected chi connectivity index (χ3v) is 7.14. The van der Waals surface area contributed by atoms with E-state index in [4.69, 9.17) is 14.0 Å². The molecule has 6 nitrogen and oxygen atoms in total. The molecule has 0 N–H and O–H groups in total. The molecular weight excluding hydrogens is 507 g/mol. The molecule has 0 aromatic carbocycles. The summed E-state index contributed by atoms with van der Waals surface area (Å²) in [5, 5.41) is 0.